The quantitative estimate of drug-likeness (QED) is 0.617. The highest BCUT2D eigenvalue weighted by atomic mass is 35.5. The van der Waals surface area contributed by atoms with Crippen molar-refractivity contribution < 1.29 is 9.90 Å². The summed E-state index contributed by atoms with van der Waals surface area (Å²) in [6.07, 6.45) is 0. The molecule has 1 heterocycles. The van der Waals surface area contributed by atoms with Gasteiger partial charge in [0.2, 0.25) is 5.91 Å². The number of benzene rings is 2. The van der Waals surface area contributed by atoms with Gasteiger partial charge in [0.15, 0.2) is 4.34 Å². The van der Waals surface area contributed by atoms with Gasteiger partial charge in [0.25, 0.3) is 0 Å². The van der Waals surface area contributed by atoms with Gasteiger partial charge in [-0.15, -0.1) is 11.3 Å². The molecule has 3 rings (SSSR count). The molecule has 1 atom stereocenters. The van der Waals surface area contributed by atoms with Crippen molar-refractivity contribution in [2.24, 2.45) is 0 Å². The number of rotatable bonds is 6. The second-order valence-electron chi connectivity index (χ2n) is 5.52. The second kappa shape index (κ2) is 8.19. The molecule has 0 aliphatic rings. The van der Waals surface area contributed by atoms with Crippen molar-refractivity contribution in [2.75, 3.05) is 13.2 Å². The van der Waals surface area contributed by atoms with E-state index in [4.69, 9.17) is 16.7 Å². The van der Waals surface area contributed by atoms with Crippen LogP contribution in [0.5, 0.6) is 0 Å². The number of halogens is 1. The molecule has 0 saturated heterocycles. The van der Waals surface area contributed by atoms with Gasteiger partial charge in [0.1, 0.15) is 5.25 Å². The van der Waals surface area contributed by atoms with E-state index < -0.39 is 5.25 Å². The molecule has 2 aromatic carbocycles. The summed E-state index contributed by atoms with van der Waals surface area (Å²) in [5, 5.41) is 11.9. The van der Waals surface area contributed by atoms with E-state index in [-0.39, 0.29) is 19.1 Å². The van der Waals surface area contributed by atoms with Crippen LogP contribution in [0.15, 0.2) is 46.8 Å². The Bertz CT molecular complexity index is 880. The summed E-state index contributed by atoms with van der Waals surface area (Å²) in [7, 11) is 0. The number of amides is 1. The second-order valence-corrected chi connectivity index (χ2v) is 8.33. The third kappa shape index (κ3) is 4.52. The van der Waals surface area contributed by atoms with Gasteiger partial charge in [-0.3, -0.25) is 4.79 Å². The number of thiazole rings is 1. The van der Waals surface area contributed by atoms with Crippen LogP contribution in [0.25, 0.3) is 10.2 Å². The molecule has 7 heteroatoms. The van der Waals surface area contributed by atoms with Crippen molar-refractivity contribution in [2.45, 2.75) is 16.5 Å². The molecule has 0 bridgehead atoms. The number of hydrogen-bond donors (Lipinski definition) is 2. The maximum atomic E-state index is 12.6. The topological polar surface area (TPSA) is 62.2 Å². The van der Waals surface area contributed by atoms with Gasteiger partial charge in [0, 0.05) is 11.6 Å². The van der Waals surface area contributed by atoms with Crippen molar-refractivity contribution in [1.29, 1.82) is 0 Å². The normalized spacial score (nSPS) is 12.3. The fourth-order valence-electron chi connectivity index (χ4n) is 2.32. The average Bonchev–Trinajstić information content (AvgIpc) is 3.00. The Balaban J connectivity index is 1.89. The van der Waals surface area contributed by atoms with E-state index in [1.807, 2.05) is 49.4 Å². The number of aromatic nitrogens is 1. The lowest BCUT2D eigenvalue weighted by Gasteiger charge is -2.15. The Morgan fingerprint density at radius 1 is 1.32 bits per heavy atom. The Hall–Kier alpha value is -1.60. The fourth-order valence-corrected chi connectivity index (χ4v) is 4.75. The standard InChI is InChI=1S/C18H17ClN2O2S2/c1-11-2-4-12(5-3-11)16(17(23)20-8-9-22)25-18-21-14-10-13(19)6-7-15(14)24-18/h2-7,10,16,22H,8-9H2,1H3,(H,20,23). The van der Waals surface area contributed by atoms with Crippen molar-refractivity contribution >= 4 is 50.8 Å². The van der Waals surface area contributed by atoms with Crippen molar-refractivity contribution in [1.82, 2.24) is 10.3 Å². The number of aliphatic hydroxyl groups is 1. The van der Waals surface area contributed by atoms with E-state index in [9.17, 15) is 4.79 Å². The van der Waals surface area contributed by atoms with E-state index in [1.165, 1.54) is 23.1 Å². The van der Waals surface area contributed by atoms with Gasteiger partial charge in [-0.05, 0) is 30.7 Å². The van der Waals surface area contributed by atoms with E-state index in [0.29, 0.717) is 5.02 Å². The minimum Gasteiger partial charge on any atom is -0.395 e. The van der Waals surface area contributed by atoms with Crippen molar-refractivity contribution in [3.63, 3.8) is 0 Å². The van der Waals surface area contributed by atoms with Crippen LogP contribution in [-0.4, -0.2) is 29.1 Å². The Morgan fingerprint density at radius 3 is 2.80 bits per heavy atom. The lowest BCUT2D eigenvalue weighted by Crippen LogP contribution is -2.30. The first-order chi connectivity index (χ1) is 12.1. The van der Waals surface area contributed by atoms with Crippen LogP contribution < -0.4 is 5.32 Å². The first-order valence-electron chi connectivity index (χ1n) is 7.74. The Labute approximate surface area is 159 Å². The molecular formula is C18H17ClN2O2S2. The third-order valence-corrected chi connectivity index (χ3v) is 6.20. The highest BCUT2D eigenvalue weighted by Gasteiger charge is 2.23. The summed E-state index contributed by atoms with van der Waals surface area (Å²) in [6, 6.07) is 13.5. The minimum absolute atomic E-state index is 0.0866. The monoisotopic (exact) mass is 392 g/mol. The number of hydrogen-bond acceptors (Lipinski definition) is 5. The zero-order valence-electron chi connectivity index (χ0n) is 13.5. The summed E-state index contributed by atoms with van der Waals surface area (Å²) < 4.78 is 1.84. The predicted molar refractivity (Wildman–Crippen MR) is 105 cm³/mol. The SMILES string of the molecule is Cc1ccc(C(Sc2nc3cc(Cl)ccc3s2)C(=O)NCCO)cc1. The van der Waals surface area contributed by atoms with Crippen LogP contribution >= 0.6 is 34.7 Å². The number of thioether (sulfide) groups is 1. The number of aliphatic hydroxyl groups excluding tert-OH is 1. The molecule has 0 fully saturated rings. The summed E-state index contributed by atoms with van der Waals surface area (Å²) in [4.78, 5) is 17.2. The zero-order valence-corrected chi connectivity index (χ0v) is 15.9. The molecule has 1 unspecified atom stereocenters. The molecule has 1 aromatic heterocycles. The maximum absolute atomic E-state index is 12.6. The molecule has 3 aromatic rings. The van der Waals surface area contributed by atoms with Gasteiger partial charge in [-0.25, -0.2) is 4.98 Å². The average molecular weight is 393 g/mol. The zero-order chi connectivity index (χ0) is 17.8. The predicted octanol–water partition coefficient (Wildman–Crippen LogP) is 4.20. The summed E-state index contributed by atoms with van der Waals surface area (Å²) in [6.45, 7) is 2.16. The van der Waals surface area contributed by atoms with Crippen LogP contribution in [0.1, 0.15) is 16.4 Å². The number of aryl methyl sites for hydroxylation is 1. The first kappa shape index (κ1) is 18.2. The van der Waals surface area contributed by atoms with Gasteiger partial charge < -0.3 is 10.4 Å². The van der Waals surface area contributed by atoms with Crippen LogP contribution in [0.4, 0.5) is 0 Å². The fraction of sp³-hybridized carbons (Fsp3) is 0.222. The minimum atomic E-state index is -0.428. The molecule has 0 aliphatic heterocycles. The molecule has 0 radical (unpaired) electrons. The van der Waals surface area contributed by atoms with Crippen LogP contribution in [0.2, 0.25) is 5.02 Å². The van der Waals surface area contributed by atoms with E-state index in [2.05, 4.69) is 10.3 Å². The van der Waals surface area contributed by atoms with E-state index in [1.54, 1.807) is 0 Å². The number of carbonyl (C=O) groups excluding carboxylic acids is 1. The summed E-state index contributed by atoms with van der Waals surface area (Å²) in [5.74, 6) is -0.139. The molecule has 0 saturated carbocycles. The van der Waals surface area contributed by atoms with Gasteiger partial charge in [-0.2, -0.15) is 0 Å². The molecule has 25 heavy (non-hydrogen) atoms. The van der Waals surface area contributed by atoms with Gasteiger partial charge in [0.05, 0.1) is 16.8 Å². The highest BCUT2D eigenvalue weighted by Crippen LogP contribution is 2.39. The molecular weight excluding hydrogens is 376 g/mol. The number of carbonyl (C=O) groups is 1. The van der Waals surface area contributed by atoms with Crippen molar-refractivity contribution in [3.05, 3.63) is 58.6 Å². The van der Waals surface area contributed by atoms with Gasteiger partial charge in [-0.1, -0.05) is 53.2 Å². The molecule has 1 amide bonds. The van der Waals surface area contributed by atoms with Crippen LogP contribution in [-0.2, 0) is 4.79 Å². The largest absolute Gasteiger partial charge is 0.395 e. The lowest BCUT2D eigenvalue weighted by molar-refractivity contribution is -0.120. The molecule has 0 aliphatic carbocycles. The Morgan fingerprint density at radius 2 is 2.08 bits per heavy atom. The van der Waals surface area contributed by atoms with Crippen LogP contribution in [0, 0.1) is 6.92 Å². The first-order valence-corrected chi connectivity index (χ1v) is 9.82. The number of fused-ring (bicyclic) bond motifs is 1. The summed E-state index contributed by atoms with van der Waals surface area (Å²) in [5.41, 5.74) is 2.87. The van der Waals surface area contributed by atoms with Crippen LogP contribution in [0.3, 0.4) is 0 Å². The lowest BCUT2D eigenvalue weighted by atomic mass is 10.1. The molecule has 0 spiro atoms. The smallest absolute Gasteiger partial charge is 0.238 e. The third-order valence-electron chi connectivity index (χ3n) is 3.58. The van der Waals surface area contributed by atoms with E-state index in [0.717, 1.165) is 25.7 Å². The van der Waals surface area contributed by atoms with Gasteiger partial charge >= 0.3 is 0 Å². The maximum Gasteiger partial charge on any atom is 0.238 e. The number of nitrogens with one attached hydrogen (secondary N) is 1. The number of nitrogens with zero attached hydrogens (tertiary/aromatic N) is 1. The highest BCUT2D eigenvalue weighted by molar-refractivity contribution is 8.02. The van der Waals surface area contributed by atoms with Crippen molar-refractivity contribution in [3.8, 4) is 0 Å². The Kier molecular flexibility index (Phi) is 5.96. The van der Waals surface area contributed by atoms with E-state index >= 15 is 0 Å². The summed E-state index contributed by atoms with van der Waals surface area (Å²) >= 11 is 8.97. The molecule has 2 N–H and O–H groups in total. The molecule has 130 valence electrons. The molecule has 4 nitrogen and oxygen atoms in total.